The lowest BCUT2D eigenvalue weighted by Crippen LogP contribution is -2.16. The van der Waals surface area contributed by atoms with Crippen molar-refractivity contribution in [2.75, 3.05) is 5.32 Å². The summed E-state index contributed by atoms with van der Waals surface area (Å²) in [6.45, 7) is 3.36. The number of rotatable bonds is 2. The van der Waals surface area contributed by atoms with E-state index in [1.54, 1.807) is 30.4 Å². The van der Waals surface area contributed by atoms with Crippen LogP contribution in [-0.2, 0) is 4.79 Å². The van der Waals surface area contributed by atoms with Gasteiger partial charge < -0.3 is 15.2 Å². The lowest BCUT2D eigenvalue weighted by atomic mass is 10.1. The second kappa shape index (κ2) is 4.20. The van der Waals surface area contributed by atoms with Crippen molar-refractivity contribution in [1.82, 2.24) is 0 Å². The topological polar surface area (TPSA) is 58.6 Å². The largest absolute Gasteiger partial charge is 0.461 e. The Bertz CT molecular complexity index is 465. The lowest BCUT2D eigenvalue weighted by Gasteiger charge is -2.17. The van der Waals surface area contributed by atoms with Crippen LogP contribution in [0.3, 0.4) is 0 Å². The molecule has 0 bridgehead atoms. The minimum absolute atomic E-state index is 0.285. The van der Waals surface area contributed by atoms with E-state index in [1.165, 1.54) is 6.08 Å². The second-order valence-corrected chi connectivity index (χ2v) is 3.31. The van der Waals surface area contributed by atoms with Gasteiger partial charge in [-0.2, -0.15) is 0 Å². The van der Waals surface area contributed by atoms with Crippen LogP contribution in [0, 0.1) is 0 Å². The van der Waals surface area contributed by atoms with E-state index in [0.717, 1.165) is 5.56 Å². The SMILES string of the molecule is C=CC(=O)Nc1ccc2c(c1)OC(O)C=C2. The quantitative estimate of drug-likeness (QED) is 0.739. The maximum atomic E-state index is 11.1. The van der Waals surface area contributed by atoms with Crippen LogP contribution in [0.25, 0.3) is 6.08 Å². The van der Waals surface area contributed by atoms with Crippen molar-refractivity contribution in [3.8, 4) is 5.75 Å². The molecule has 0 radical (unpaired) electrons. The van der Waals surface area contributed by atoms with Gasteiger partial charge in [0.2, 0.25) is 12.2 Å². The fourth-order valence-electron chi connectivity index (χ4n) is 1.40. The van der Waals surface area contributed by atoms with Crippen LogP contribution in [0.5, 0.6) is 5.75 Å². The highest BCUT2D eigenvalue weighted by Gasteiger charge is 2.12. The number of hydrogen-bond acceptors (Lipinski definition) is 3. The van der Waals surface area contributed by atoms with Gasteiger partial charge in [0.15, 0.2) is 0 Å². The van der Waals surface area contributed by atoms with E-state index in [0.29, 0.717) is 11.4 Å². The monoisotopic (exact) mass is 217 g/mol. The van der Waals surface area contributed by atoms with Crippen molar-refractivity contribution >= 4 is 17.7 Å². The zero-order valence-electron chi connectivity index (χ0n) is 8.51. The van der Waals surface area contributed by atoms with Crippen molar-refractivity contribution in [3.05, 3.63) is 42.5 Å². The lowest BCUT2D eigenvalue weighted by molar-refractivity contribution is -0.111. The van der Waals surface area contributed by atoms with Crippen molar-refractivity contribution in [1.29, 1.82) is 0 Å². The first-order valence-electron chi connectivity index (χ1n) is 4.79. The van der Waals surface area contributed by atoms with Gasteiger partial charge in [0.1, 0.15) is 5.75 Å². The maximum Gasteiger partial charge on any atom is 0.247 e. The van der Waals surface area contributed by atoms with Gasteiger partial charge in [0.05, 0.1) is 0 Å². The molecule has 2 rings (SSSR count). The minimum atomic E-state index is -0.933. The smallest absolute Gasteiger partial charge is 0.247 e. The molecule has 1 aliphatic rings. The number of fused-ring (bicyclic) bond motifs is 1. The van der Waals surface area contributed by atoms with Gasteiger partial charge in [-0.25, -0.2) is 0 Å². The van der Waals surface area contributed by atoms with Crippen LogP contribution in [0.15, 0.2) is 36.9 Å². The summed E-state index contributed by atoms with van der Waals surface area (Å²) in [6, 6.07) is 5.21. The molecule has 1 aromatic rings. The molecule has 1 atom stereocenters. The van der Waals surface area contributed by atoms with Crippen molar-refractivity contribution in [2.45, 2.75) is 6.29 Å². The Morgan fingerprint density at radius 2 is 2.38 bits per heavy atom. The van der Waals surface area contributed by atoms with Gasteiger partial charge in [-0.15, -0.1) is 0 Å². The van der Waals surface area contributed by atoms with E-state index >= 15 is 0 Å². The molecule has 1 aliphatic heterocycles. The molecule has 1 aromatic carbocycles. The molecular formula is C12H11NO3. The predicted octanol–water partition coefficient (Wildman–Crippen LogP) is 1.54. The number of ether oxygens (including phenoxy) is 1. The zero-order valence-corrected chi connectivity index (χ0v) is 8.51. The Balaban J connectivity index is 2.25. The Hall–Kier alpha value is -2.07. The molecule has 82 valence electrons. The Morgan fingerprint density at radius 3 is 3.12 bits per heavy atom. The highest BCUT2D eigenvalue weighted by Crippen LogP contribution is 2.28. The third-order valence-corrected chi connectivity index (χ3v) is 2.15. The van der Waals surface area contributed by atoms with Crippen LogP contribution in [0.1, 0.15) is 5.56 Å². The summed E-state index contributed by atoms with van der Waals surface area (Å²) in [7, 11) is 0. The summed E-state index contributed by atoms with van der Waals surface area (Å²) in [6.07, 6.45) is 3.57. The highest BCUT2D eigenvalue weighted by molar-refractivity contribution is 5.99. The number of benzene rings is 1. The van der Waals surface area contributed by atoms with E-state index in [1.807, 2.05) is 0 Å². The molecule has 0 saturated carbocycles. The Kier molecular flexibility index (Phi) is 2.74. The van der Waals surface area contributed by atoms with Crippen molar-refractivity contribution < 1.29 is 14.6 Å². The zero-order chi connectivity index (χ0) is 11.5. The van der Waals surface area contributed by atoms with E-state index < -0.39 is 6.29 Å². The van der Waals surface area contributed by atoms with Gasteiger partial charge in [-0.05, 0) is 30.4 Å². The first-order chi connectivity index (χ1) is 7.69. The average molecular weight is 217 g/mol. The van der Waals surface area contributed by atoms with Gasteiger partial charge in [-0.1, -0.05) is 6.58 Å². The molecular weight excluding hydrogens is 206 g/mol. The number of carbonyl (C=O) groups excluding carboxylic acids is 1. The van der Waals surface area contributed by atoms with Gasteiger partial charge in [0, 0.05) is 17.3 Å². The van der Waals surface area contributed by atoms with Crippen molar-refractivity contribution in [2.24, 2.45) is 0 Å². The molecule has 2 N–H and O–H groups in total. The third kappa shape index (κ3) is 2.12. The molecule has 16 heavy (non-hydrogen) atoms. The fraction of sp³-hybridized carbons (Fsp3) is 0.0833. The summed E-state index contributed by atoms with van der Waals surface area (Å²) < 4.78 is 5.18. The van der Waals surface area contributed by atoms with Crippen LogP contribution < -0.4 is 10.1 Å². The first kappa shape index (κ1) is 10.4. The van der Waals surface area contributed by atoms with Crippen LogP contribution in [-0.4, -0.2) is 17.3 Å². The summed E-state index contributed by atoms with van der Waals surface area (Å²) in [5.74, 6) is 0.253. The highest BCUT2D eigenvalue weighted by atomic mass is 16.6. The number of nitrogens with one attached hydrogen (secondary N) is 1. The third-order valence-electron chi connectivity index (χ3n) is 2.15. The molecule has 4 heteroatoms. The molecule has 1 amide bonds. The molecule has 0 spiro atoms. The van der Waals surface area contributed by atoms with Crippen LogP contribution in [0.2, 0.25) is 0 Å². The molecule has 0 aliphatic carbocycles. The summed E-state index contributed by atoms with van der Waals surface area (Å²) in [5.41, 5.74) is 1.47. The summed E-state index contributed by atoms with van der Waals surface area (Å²) in [5, 5.41) is 11.9. The number of aliphatic hydroxyl groups is 1. The molecule has 1 unspecified atom stereocenters. The number of aliphatic hydroxyl groups excluding tert-OH is 1. The molecule has 0 aromatic heterocycles. The van der Waals surface area contributed by atoms with Crippen molar-refractivity contribution in [3.63, 3.8) is 0 Å². The minimum Gasteiger partial charge on any atom is -0.461 e. The van der Waals surface area contributed by atoms with Gasteiger partial charge >= 0.3 is 0 Å². The second-order valence-electron chi connectivity index (χ2n) is 3.31. The number of anilines is 1. The molecule has 4 nitrogen and oxygen atoms in total. The van der Waals surface area contributed by atoms with Gasteiger partial charge in [0.25, 0.3) is 0 Å². The summed E-state index contributed by atoms with van der Waals surface area (Å²) in [4.78, 5) is 11.1. The molecule has 1 heterocycles. The van der Waals surface area contributed by atoms with E-state index in [2.05, 4.69) is 11.9 Å². The predicted molar refractivity (Wildman–Crippen MR) is 60.9 cm³/mol. The van der Waals surface area contributed by atoms with E-state index in [9.17, 15) is 9.90 Å². The normalized spacial score (nSPS) is 17.2. The Labute approximate surface area is 92.9 Å². The fourth-order valence-corrected chi connectivity index (χ4v) is 1.40. The van der Waals surface area contributed by atoms with Gasteiger partial charge in [-0.3, -0.25) is 4.79 Å². The number of hydrogen-bond donors (Lipinski definition) is 2. The average Bonchev–Trinajstić information content (AvgIpc) is 2.28. The molecule has 0 fully saturated rings. The van der Waals surface area contributed by atoms with E-state index in [-0.39, 0.29) is 5.91 Å². The van der Waals surface area contributed by atoms with Crippen LogP contribution >= 0.6 is 0 Å². The Morgan fingerprint density at radius 1 is 1.56 bits per heavy atom. The van der Waals surface area contributed by atoms with Crippen LogP contribution in [0.4, 0.5) is 5.69 Å². The summed E-state index contributed by atoms with van der Waals surface area (Å²) >= 11 is 0. The number of carbonyl (C=O) groups is 1. The first-order valence-corrected chi connectivity index (χ1v) is 4.79. The maximum absolute atomic E-state index is 11.1. The van der Waals surface area contributed by atoms with E-state index in [4.69, 9.17) is 4.74 Å². The standard InChI is InChI=1S/C12H11NO3/c1-2-11(14)13-9-5-3-8-4-6-12(15)16-10(8)7-9/h2-7,12,15H,1H2,(H,13,14). The molecule has 0 saturated heterocycles. The number of amides is 1.